The standard InChI is InChI=1S/C22H25N3S/c1-22(2,3)21-23-13-17-14-25(12-11-19(17)24-21)15-18-9-10-20(26-18)16-7-5-4-6-8-16/h4-10,13H,11-12,14-15H2,1-3H3. The third kappa shape index (κ3) is 3.71. The van der Waals surface area contributed by atoms with E-state index in [1.807, 2.05) is 17.5 Å². The molecule has 0 unspecified atom stereocenters. The second-order valence-electron chi connectivity index (χ2n) is 8.01. The monoisotopic (exact) mass is 363 g/mol. The molecule has 0 spiro atoms. The number of benzene rings is 1. The highest BCUT2D eigenvalue weighted by atomic mass is 32.1. The maximum atomic E-state index is 4.83. The Morgan fingerprint density at radius 3 is 2.65 bits per heavy atom. The lowest BCUT2D eigenvalue weighted by atomic mass is 9.95. The molecule has 3 heterocycles. The lowest BCUT2D eigenvalue weighted by Gasteiger charge is -2.28. The number of fused-ring (bicyclic) bond motifs is 1. The molecule has 0 atom stereocenters. The van der Waals surface area contributed by atoms with Crippen LogP contribution in [0.4, 0.5) is 0 Å². The molecule has 0 saturated carbocycles. The molecule has 0 N–H and O–H groups in total. The van der Waals surface area contributed by atoms with Crippen molar-refractivity contribution < 1.29 is 0 Å². The number of nitrogens with zero attached hydrogens (tertiary/aromatic N) is 3. The minimum atomic E-state index is 0.0109. The van der Waals surface area contributed by atoms with Gasteiger partial charge in [0.1, 0.15) is 5.82 Å². The Bertz CT molecular complexity index is 893. The molecule has 0 radical (unpaired) electrons. The quantitative estimate of drug-likeness (QED) is 0.651. The summed E-state index contributed by atoms with van der Waals surface area (Å²) >= 11 is 1.89. The number of aromatic nitrogens is 2. The van der Waals surface area contributed by atoms with Crippen molar-refractivity contribution >= 4 is 11.3 Å². The van der Waals surface area contributed by atoms with E-state index in [-0.39, 0.29) is 5.41 Å². The molecule has 3 nitrogen and oxygen atoms in total. The zero-order valence-corrected chi connectivity index (χ0v) is 16.5. The van der Waals surface area contributed by atoms with Crippen molar-refractivity contribution in [2.24, 2.45) is 0 Å². The van der Waals surface area contributed by atoms with Gasteiger partial charge < -0.3 is 0 Å². The minimum absolute atomic E-state index is 0.0109. The van der Waals surface area contributed by atoms with Gasteiger partial charge in [0, 0.05) is 58.7 Å². The molecule has 0 bridgehead atoms. The van der Waals surface area contributed by atoms with E-state index in [4.69, 9.17) is 4.98 Å². The third-order valence-corrected chi connectivity index (χ3v) is 5.90. The van der Waals surface area contributed by atoms with Gasteiger partial charge in [0.05, 0.1) is 0 Å². The van der Waals surface area contributed by atoms with Crippen molar-refractivity contribution in [1.29, 1.82) is 0 Å². The van der Waals surface area contributed by atoms with Crippen LogP contribution in [0.1, 0.15) is 42.7 Å². The van der Waals surface area contributed by atoms with Gasteiger partial charge in [-0.2, -0.15) is 0 Å². The van der Waals surface area contributed by atoms with E-state index in [0.717, 1.165) is 31.9 Å². The predicted molar refractivity (Wildman–Crippen MR) is 108 cm³/mol. The molecule has 1 aliphatic heterocycles. The predicted octanol–water partition coefficient (Wildman–Crippen LogP) is 5.06. The molecule has 0 saturated heterocycles. The highest BCUT2D eigenvalue weighted by Gasteiger charge is 2.23. The Labute approximate surface area is 159 Å². The Balaban J connectivity index is 1.46. The first-order valence-electron chi connectivity index (χ1n) is 9.21. The van der Waals surface area contributed by atoms with Crippen LogP contribution in [0.15, 0.2) is 48.7 Å². The van der Waals surface area contributed by atoms with E-state index < -0.39 is 0 Å². The summed E-state index contributed by atoms with van der Waals surface area (Å²) in [7, 11) is 0. The number of hydrogen-bond acceptors (Lipinski definition) is 4. The van der Waals surface area contributed by atoms with Crippen molar-refractivity contribution in [3.05, 3.63) is 70.6 Å². The zero-order valence-electron chi connectivity index (χ0n) is 15.7. The van der Waals surface area contributed by atoms with E-state index in [2.05, 4.69) is 73.1 Å². The number of hydrogen-bond donors (Lipinski definition) is 0. The molecule has 1 aromatic carbocycles. The van der Waals surface area contributed by atoms with Gasteiger partial charge in [-0.25, -0.2) is 9.97 Å². The summed E-state index contributed by atoms with van der Waals surface area (Å²) in [6, 6.07) is 15.1. The molecule has 1 aliphatic rings. The highest BCUT2D eigenvalue weighted by molar-refractivity contribution is 7.15. The van der Waals surface area contributed by atoms with Crippen molar-refractivity contribution in [3.63, 3.8) is 0 Å². The first-order valence-corrected chi connectivity index (χ1v) is 10.0. The van der Waals surface area contributed by atoms with Crippen LogP contribution < -0.4 is 0 Å². The van der Waals surface area contributed by atoms with Gasteiger partial charge >= 0.3 is 0 Å². The maximum Gasteiger partial charge on any atom is 0.133 e. The highest BCUT2D eigenvalue weighted by Crippen LogP contribution is 2.30. The van der Waals surface area contributed by atoms with Gasteiger partial charge in [0.25, 0.3) is 0 Å². The van der Waals surface area contributed by atoms with Crippen LogP contribution in [0.25, 0.3) is 10.4 Å². The second-order valence-corrected chi connectivity index (χ2v) is 9.18. The second kappa shape index (κ2) is 6.93. The molecule has 4 rings (SSSR count). The number of thiophene rings is 1. The lowest BCUT2D eigenvalue weighted by Crippen LogP contribution is -2.31. The summed E-state index contributed by atoms with van der Waals surface area (Å²) in [5.41, 5.74) is 3.83. The average molecular weight is 364 g/mol. The first kappa shape index (κ1) is 17.4. The zero-order chi connectivity index (χ0) is 18.1. The maximum absolute atomic E-state index is 4.83. The van der Waals surface area contributed by atoms with Crippen LogP contribution in [-0.2, 0) is 24.9 Å². The summed E-state index contributed by atoms with van der Waals surface area (Å²) in [5, 5.41) is 0. The average Bonchev–Trinajstić information content (AvgIpc) is 3.10. The van der Waals surface area contributed by atoms with Crippen LogP contribution >= 0.6 is 11.3 Å². The molecule has 3 aromatic rings. The van der Waals surface area contributed by atoms with Gasteiger partial charge in [-0.15, -0.1) is 11.3 Å². The molecule has 0 aliphatic carbocycles. The van der Waals surface area contributed by atoms with Crippen LogP contribution in [0.5, 0.6) is 0 Å². The molecule has 0 amide bonds. The van der Waals surface area contributed by atoms with Crippen LogP contribution in [-0.4, -0.2) is 21.4 Å². The molecular weight excluding hydrogens is 338 g/mol. The largest absolute Gasteiger partial charge is 0.293 e. The summed E-state index contributed by atoms with van der Waals surface area (Å²) in [6.45, 7) is 9.52. The smallest absolute Gasteiger partial charge is 0.133 e. The van der Waals surface area contributed by atoms with Crippen molar-refractivity contribution in [1.82, 2.24) is 14.9 Å². The molecule has 134 valence electrons. The summed E-state index contributed by atoms with van der Waals surface area (Å²) < 4.78 is 0. The molecule has 4 heteroatoms. The Morgan fingerprint density at radius 1 is 1.08 bits per heavy atom. The van der Waals surface area contributed by atoms with Gasteiger partial charge in [0.2, 0.25) is 0 Å². The molecule has 2 aromatic heterocycles. The van der Waals surface area contributed by atoms with E-state index in [0.29, 0.717) is 0 Å². The van der Waals surface area contributed by atoms with Crippen molar-refractivity contribution in [2.45, 2.75) is 45.7 Å². The van der Waals surface area contributed by atoms with Crippen molar-refractivity contribution in [3.8, 4) is 10.4 Å². The van der Waals surface area contributed by atoms with Crippen LogP contribution in [0.2, 0.25) is 0 Å². The van der Waals surface area contributed by atoms with Gasteiger partial charge in [-0.1, -0.05) is 51.1 Å². The van der Waals surface area contributed by atoms with Crippen LogP contribution in [0.3, 0.4) is 0 Å². The van der Waals surface area contributed by atoms with Gasteiger partial charge in [0.15, 0.2) is 0 Å². The summed E-state index contributed by atoms with van der Waals surface area (Å²) in [6.07, 6.45) is 3.05. The van der Waals surface area contributed by atoms with E-state index in [1.165, 1.54) is 26.6 Å². The SMILES string of the molecule is CC(C)(C)c1ncc2c(n1)CCN(Cc1ccc(-c3ccccc3)s1)C2. The molecule has 0 fully saturated rings. The fraction of sp³-hybridized carbons (Fsp3) is 0.364. The number of rotatable bonds is 3. The van der Waals surface area contributed by atoms with Gasteiger partial charge in [-0.3, -0.25) is 4.90 Å². The Hall–Kier alpha value is -2.04. The lowest BCUT2D eigenvalue weighted by molar-refractivity contribution is 0.244. The summed E-state index contributed by atoms with van der Waals surface area (Å²) in [5.74, 6) is 0.954. The topological polar surface area (TPSA) is 29.0 Å². The van der Waals surface area contributed by atoms with Crippen molar-refractivity contribution in [2.75, 3.05) is 6.54 Å². The Morgan fingerprint density at radius 2 is 1.88 bits per heavy atom. The first-order chi connectivity index (χ1) is 12.5. The Kier molecular flexibility index (Phi) is 4.63. The van der Waals surface area contributed by atoms with Gasteiger partial charge in [-0.05, 0) is 17.7 Å². The fourth-order valence-electron chi connectivity index (χ4n) is 3.31. The fourth-order valence-corrected chi connectivity index (χ4v) is 4.37. The summed E-state index contributed by atoms with van der Waals surface area (Å²) in [4.78, 5) is 14.7. The van der Waals surface area contributed by atoms with E-state index in [9.17, 15) is 0 Å². The minimum Gasteiger partial charge on any atom is -0.293 e. The van der Waals surface area contributed by atoms with Crippen LogP contribution in [0, 0.1) is 0 Å². The molecule has 26 heavy (non-hydrogen) atoms. The molecular formula is C22H25N3S. The van der Waals surface area contributed by atoms with E-state index >= 15 is 0 Å². The van der Waals surface area contributed by atoms with E-state index in [1.54, 1.807) is 0 Å². The third-order valence-electron chi connectivity index (χ3n) is 4.78. The normalized spacial score (nSPS) is 15.0.